The van der Waals surface area contributed by atoms with Gasteiger partial charge in [-0.15, -0.1) is 0 Å². The molecule has 0 aromatic heterocycles. The van der Waals surface area contributed by atoms with Gasteiger partial charge in [-0.05, 0) is 30.7 Å². The lowest BCUT2D eigenvalue weighted by molar-refractivity contribution is -0.131. The van der Waals surface area contributed by atoms with Gasteiger partial charge in [-0.2, -0.15) is 0 Å². The van der Waals surface area contributed by atoms with Gasteiger partial charge in [0.1, 0.15) is 6.04 Å². The number of carbonyl (C=O) groups is 3. The van der Waals surface area contributed by atoms with Crippen LogP contribution in [0.4, 0.5) is 5.69 Å². The zero-order valence-electron chi connectivity index (χ0n) is 14.6. The Labute approximate surface area is 141 Å². The van der Waals surface area contributed by atoms with E-state index >= 15 is 0 Å². The van der Waals surface area contributed by atoms with Crippen LogP contribution in [0.25, 0.3) is 0 Å². The highest BCUT2D eigenvalue weighted by Crippen LogP contribution is 2.17. The van der Waals surface area contributed by atoms with Gasteiger partial charge in [0, 0.05) is 18.2 Å². The maximum atomic E-state index is 12.2. The molecule has 24 heavy (non-hydrogen) atoms. The van der Waals surface area contributed by atoms with Crippen molar-refractivity contribution in [2.45, 2.75) is 40.3 Å². The van der Waals surface area contributed by atoms with Gasteiger partial charge in [0.25, 0.3) is 0 Å². The maximum absolute atomic E-state index is 12.2. The largest absolute Gasteiger partial charge is 0.478 e. The molecular weight excluding hydrogens is 312 g/mol. The number of ether oxygens (including phenoxy) is 1. The lowest BCUT2D eigenvalue weighted by Gasteiger charge is -2.21. The average molecular weight is 336 g/mol. The van der Waals surface area contributed by atoms with E-state index in [4.69, 9.17) is 9.84 Å². The summed E-state index contributed by atoms with van der Waals surface area (Å²) >= 11 is 0. The molecule has 0 saturated heterocycles. The molecule has 7 nitrogen and oxygen atoms in total. The van der Waals surface area contributed by atoms with Gasteiger partial charge < -0.3 is 20.5 Å². The zero-order chi connectivity index (χ0) is 18.5. The molecular formula is C17H24N2O5. The van der Waals surface area contributed by atoms with Crippen molar-refractivity contribution >= 4 is 23.5 Å². The lowest BCUT2D eigenvalue weighted by atomic mass is 9.95. The molecule has 0 spiro atoms. The molecule has 0 bridgehead atoms. The molecule has 0 heterocycles. The first-order valence-electron chi connectivity index (χ1n) is 7.52. The van der Waals surface area contributed by atoms with Crippen LogP contribution in [0.5, 0.6) is 0 Å². The van der Waals surface area contributed by atoms with Crippen LogP contribution in [-0.4, -0.2) is 36.0 Å². The highest BCUT2D eigenvalue weighted by Gasteiger charge is 2.25. The second kappa shape index (κ2) is 7.92. The molecule has 7 heteroatoms. The first kappa shape index (κ1) is 19.6. The Morgan fingerprint density at radius 2 is 1.83 bits per heavy atom. The average Bonchev–Trinajstić information content (AvgIpc) is 2.46. The Kier molecular flexibility index (Phi) is 6.48. The van der Waals surface area contributed by atoms with E-state index < -0.39 is 23.3 Å². The van der Waals surface area contributed by atoms with Gasteiger partial charge in [0.15, 0.2) is 0 Å². The number of hydrogen-bond acceptors (Lipinski definition) is 4. The SMILES string of the molecule is COCc1cc(NC(=O)C(C)NC(=O)C(C)(C)C)cc(C(=O)O)c1. The van der Waals surface area contributed by atoms with E-state index in [1.165, 1.54) is 19.2 Å². The number of methoxy groups -OCH3 is 1. The number of amides is 2. The number of anilines is 1. The first-order valence-corrected chi connectivity index (χ1v) is 7.52. The second-order valence-electron chi connectivity index (χ2n) is 6.59. The fourth-order valence-electron chi connectivity index (χ4n) is 1.87. The van der Waals surface area contributed by atoms with Crippen LogP contribution >= 0.6 is 0 Å². The van der Waals surface area contributed by atoms with Crippen molar-refractivity contribution in [3.8, 4) is 0 Å². The number of rotatable bonds is 6. The summed E-state index contributed by atoms with van der Waals surface area (Å²) in [7, 11) is 1.50. The minimum Gasteiger partial charge on any atom is -0.478 e. The van der Waals surface area contributed by atoms with Crippen LogP contribution in [0.15, 0.2) is 18.2 Å². The molecule has 1 unspecified atom stereocenters. The number of carboxylic acids is 1. The number of carboxylic acid groups (broad SMARTS) is 1. The van der Waals surface area contributed by atoms with Gasteiger partial charge in [-0.25, -0.2) is 4.79 Å². The summed E-state index contributed by atoms with van der Waals surface area (Å²) in [5, 5.41) is 14.4. The molecule has 3 N–H and O–H groups in total. The Morgan fingerprint density at radius 3 is 2.33 bits per heavy atom. The quantitative estimate of drug-likeness (QED) is 0.737. The van der Waals surface area contributed by atoms with E-state index in [-0.39, 0.29) is 18.1 Å². The van der Waals surface area contributed by atoms with E-state index in [1.807, 2.05) is 0 Å². The van der Waals surface area contributed by atoms with Crippen LogP contribution in [0.2, 0.25) is 0 Å². The summed E-state index contributed by atoms with van der Waals surface area (Å²) in [6.07, 6.45) is 0. The number of carbonyl (C=O) groups excluding carboxylic acids is 2. The fourth-order valence-corrected chi connectivity index (χ4v) is 1.87. The Hall–Kier alpha value is -2.41. The van der Waals surface area contributed by atoms with E-state index in [1.54, 1.807) is 33.8 Å². The monoisotopic (exact) mass is 336 g/mol. The summed E-state index contributed by atoms with van der Waals surface area (Å²) in [5.41, 5.74) is 0.401. The second-order valence-corrected chi connectivity index (χ2v) is 6.59. The molecule has 132 valence electrons. The van der Waals surface area contributed by atoms with Crippen molar-refractivity contribution in [3.63, 3.8) is 0 Å². The van der Waals surface area contributed by atoms with Gasteiger partial charge in [0.05, 0.1) is 12.2 Å². The minimum atomic E-state index is -1.10. The van der Waals surface area contributed by atoms with Crippen molar-refractivity contribution in [3.05, 3.63) is 29.3 Å². The van der Waals surface area contributed by atoms with Gasteiger partial charge in [-0.1, -0.05) is 20.8 Å². The van der Waals surface area contributed by atoms with Crippen LogP contribution < -0.4 is 10.6 Å². The van der Waals surface area contributed by atoms with Crippen molar-refractivity contribution < 1.29 is 24.2 Å². The Bertz CT molecular complexity index is 634. The lowest BCUT2D eigenvalue weighted by Crippen LogP contribution is -2.46. The molecule has 2 amide bonds. The molecule has 0 aliphatic rings. The minimum absolute atomic E-state index is 0.0474. The molecule has 1 aromatic rings. The molecule has 0 saturated carbocycles. The third-order valence-corrected chi connectivity index (χ3v) is 3.24. The fraction of sp³-hybridized carbons (Fsp3) is 0.471. The van der Waals surface area contributed by atoms with Crippen molar-refractivity contribution in [2.24, 2.45) is 5.41 Å². The van der Waals surface area contributed by atoms with E-state index in [0.717, 1.165) is 0 Å². The zero-order valence-corrected chi connectivity index (χ0v) is 14.6. The number of benzene rings is 1. The summed E-state index contributed by atoms with van der Waals surface area (Å²) in [5.74, 6) is -1.78. The van der Waals surface area contributed by atoms with Crippen molar-refractivity contribution in [2.75, 3.05) is 12.4 Å². The highest BCUT2D eigenvalue weighted by atomic mass is 16.5. The van der Waals surface area contributed by atoms with Crippen molar-refractivity contribution in [1.29, 1.82) is 0 Å². The normalized spacial score (nSPS) is 12.4. The van der Waals surface area contributed by atoms with Crippen LogP contribution in [0.3, 0.4) is 0 Å². The highest BCUT2D eigenvalue weighted by molar-refractivity contribution is 5.98. The number of hydrogen-bond donors (Lipinski definition) is 3. The van der Waals surface area contributed by atoms with E-state index in [2.05, 4.69) is 10.6 Å². The van der Waals surface area contributed by atoms with Crippen LogP contribution in [0, 0.1) is 5.41 Å². The smallest absolute Gasteiger partial charge is 0.335 e. The van der Waals surface area contributed by atoms with Crippen LogP contribution in [-0.2, 0) is 20.9 Å². The summed E-state index contributed by atoms with van der Waals surface area (Å²) in [6.45, 7) is 7.04. The summed E-state index contributed by atoms with van der Waals surface area (Å²) in [6, 6.07) is 3.71. The topological polar surface area (TPSA) is 105 Å². The molecule has 1 rings (SSSR count). The molecule has 0 aliphatic heterocycles. The van der Waals surface area contributed by atoms with Gasteiger partial charge >= 0.3 is 5.97 Å². The Balaban J connectivity index is 2.89. The maximum Gasteiger partial charge on any atom is 0.335 e. The summed E-state index contributed by atoms with van der Waals surface area (Å²) in [4.78, 5) is 35.3. The van der Waals surface area contributed by atoms with E-state index in [9.17, 15) is 14.4 Å². The molecule has 0 aliphatic carbocycles. The van der Waals surface area contributed by atoms with Crippen molar-refractivity contribution in [1.82, 2.24) is 5.32 Å². The number of nitrogens with one attached hydrogen (secondary N) is 2. The predicted octanol–water partition coefficient (Wildman–Crippen LogP) is 2.02. The third kappa shape index (κ3) is 5.66. The van der Waals surface area contributed by atoms with Gasteiger partial charge in [0.2, 0.25) is 11.8 Å². The molecule has 0 fully saturated rings. The Morgan fingerprint density at radius 1 is 1.21 bits per heavy atom. The van der Waals surface area contributed by atoms with Crippen LogP contribution in [0.1, 0.15) is 43.6 Å². The van der Waals surface area contributed by atoms with E-state index in [0.29, 0.717) is 11.3 Å². The molecule has 1 atom stereocenters. The summed E-state index contributed by atoms with van der Waals surface area (Å²) < 4.78 is 5.00. The molecule has 1 aromatic carbocycles. The number of aromatic carboxylic acids is 1. The third-order valence-electron chi connectivity index (χ3n) is 3.24. The van der Waals surface area contributed by atoms with Gasteiger partial charge in [-0.3, -0.25) is 9.59 Å². The molecule has 0 radical (unpaired) electrons. The predicted molar refractivity (Wildman–Crippen MR) is 89.8 cm³/mol. The first-order chi connectivity index (χ1) is 11.0. The standard InChI is InChI=1S/C17H24N2O5/c1-10(18-16(23)17(2,3)4)14(20)19-13-7-11(9-24-5)6-12(8-13)15(21)22/h6-8,10H,9H2,1-5H3,(H,18,23)(H,19,20)(H,21,22).